The third kappa shape index (κ3) is 7.08. The fourth-order valence-corrected chi connectivity index (χ4v) is 8.45. The predicted molar refractivity (Wildman–Crippen MR) is 171 cm³/mol. The molecule has 2 aliphatic carbocycles. The van der Waals surface area contributed by atoms with Crippen LogP contribution in [-0.4, -0.2) is 95.2 Å². The Morgan fingerprint density at radius 1 is 0.911 bits per heavy atom. The smallest absolute Gasteiger partial charge is 0.244 e. The molecular formula is C36H54F2N4O3. The molecule has 0 spiro atoms. The lowest BCUT2D eigenvalue weighted by Crippen LogP contribution is -2.54. The molecular weight excluding hydrogens is 574 g/mol. The number of hydrogen-bond donors (Lipinski definition) is 0. The minimum Gasteiger partial charge on any atom is -0.347 e. The van der Waals surface area contributed by atoms with Crippen LogP contribution in [-0.2, 0) is 14.4 Å². The van der Waals surface area contributed by atoms with Crippen LogP contribution in [0.2, 0.25) is 0 Å². The number of carbonyl (C=O) groups is 3. The third-order valence-corrected chi connectivity index (χ3v) is 11.1. The molecule has 1 aromatic rings. The van der Waals surface area contributed by atoms with E-state index >= 15 is 4.39 Å². The molecule has 250 valence electrons. The van der Waals surface area contributed by atoms with Crippen LogP contribution in [0.4, 0.5) is 8.78 Å². The molecule has 4 atom stereocenters. The van der Waals surface area contributed by atoms with E-state index in [0.29, 0.717) is 31.1 Å². The van der Waals surface area contributed by atoms with Crippen molar-refractivity contribution in [1.82, 2.24) is 19.6 Å². The Morgan fingerprint density at radius 3 is 2.13 bits per heavy atom. The van der Waals surface area contributed by atoms with E-state index in [1.807, 2.05) is 25.7 Å². The monoisotopic (exact) mass is 628 g/mol. The van der Waals surface area contributed by atoms with Crippen LogP contribution in [0.5, 0.6) is 0 Å². The minimum absolute atomic E-state index is 0.0575. The summed E-state index contributed by atoms with van der Waals surface area (Å²) in [4.78, 5) is 50.1. The van der Waals surface area contributed by atoms with E-state index in [1.165, 1.54) is 17.0 Å². The van der Waals surface area contributed by atoms with Gasteiger partial charge in [-0.15, -0.1) is 0 Å². The molecule has 4 aliphatic rings. The van der Waals surface area contributed by atoms with E-state index in [0.717, 1.165) is 57.4 Å². The number of nitrogens with zero attached hydrogens (tertiary/aromatic N) is 4. The van der Waals surface area contributed by atoms with Gasteiger partial charge in [0.25, 0.3) is 0 Å². The first-order valence-corrected chi connectivity index (χ1v) is 17.1. The van der Waals surface area contributed by atoms with Gasteiger partial charge in [0.05, 0.1) is 12.0 Å². The van der Waals surface area contributed by atoms with Gasteiger partial charge in [0.2, 0.25) is 17.7 Å². The molecule has 2 aliphatic heterocycles. The topological polar surface area (TPSA) is 64.2 Å². The predicted octanol–water partition coefficient (Wildman–Crippen LogP) is 5.82. The molecule has 7 nitrogen and oxygen atoms in total. The number of hydrogen-bond acceptors (Lipinski definition) is 4. The molecule has 0 N–H and O–H groups in total. The Labute approximate surface area is 268 Å². The van der Waals surface area contributed by atoms with E-state index in [4.69, 9.17) is 0 Å². The fraction of sp³-hybridized carbons (Fsp3) is 0.750. The first-order valence-electron chi connectivity index (χ1n) is 17.1. The summed E-state index contributed by atoms with van der Waals surface area (Å²) in [6.45, 7) is 11.7. The molecule has 0 radical (unpaired) electrons. The van der Waals surface area contributed by atoms with Crippen LogP contribution >= 0.6 is 0 Å². The third-order valence-electron chi connectivity index (χ3n) is 11.1. The van der Waals surface area contributed by atoms with Crippen molar-refractivity contribution in [2.75, 3.05) is 33.7 Å². The van der Waals surface area contributed by atoms with Gasteiger partial charge in [-0.2, -0.15) is 0 Å². The average Bonchev–Trinajstić information content (AvgIpc) is 3.73. The lowest BCUT2D eigenvalue weighted by Gasteiger charge is -2.45. The van der Waals surface area contributed by atoms with Gasteiger partial charge in [0.1, 0.15) is 17.7 Å². The zero-order chi connectivity index (χ0) is 32.8. The molecule has 2 heterocycles. The van der Waals surface area contributed by atoms with E-state index < -0.39 is 34.9 Å². The first kappa shape index (κ1) is 33.8. The van der Waals surface area contributed by atoms with E-state index in [-0.39, 0.29) is 41.8 Å². The van der Waals surface area contributed by atoms with Crippen LogP contribution < -0.4 is 0 Å². The lowest BCUT2D eigenvalue weighted by atomic mass is 9.74. The van der Waals surface area contributed by atoms with Crippen LogP contribution in [0.3, 0.4) is 0 Å². The Kier molecular flexibility index (Phi) is 9.71. The summed E-state index contributed by atoms with van der Waals surface area (Å²) >= 11 is 0. The van der Waals surface area contributed by atoms with Crippen molar-refractivity contribution in [1.29, 1.82) is 0 Å². The number of halogens is 2. The summed E-state index contributed by atoms with van der Waals surface area (Å²) in [5.74, 6) is -2.55. The van der Waals surface area contributed by atoms with Gasteiger partial charge in [-0.25, -0.2) is 8.78 Å². The highest BCUT2D eigenvalue weighted by Crippen LogP contribution is 2.43. The first-order chi connectivity index (χ1) is 21.1. The highest BCUT2D eigenvalue weighted by atomic mass is 19.1. The van der Waals surface area contributed by atoms with Crippen LogP contribution in [0, 0.1) is 28.4 Å². The van der Waals surface area contributed by atoms with Crippen molar-refractivity contribution >= 4 is 17.7 Å². The molecule has 2 saturated carbocycles. The van der Waals surface area contributed by atoms with Crippen molar-refractivity contribution in [3.63, 3.8) is 0 Å². The quantitative estimate of drug-likeness (QED) is 0.398. The molecule has 4 fully saturated rings. The van der Waals surface area contributed by atoms with Crippen LogP contribution in [0.25, 0.3) is 0 Å². The Balaban J connectivity index is 1.48. The number of likely N-dealkylation sites (N-methyl/N-ethyl adjacent to an activating group) is 1. The molecule has 0 unspecified atom stereocenters. The van der Waals surface area contributed by atoms with E-state index in [2.05, 4.69) is 18.7 Å². The summed E-state index contributed by atoms with van der Waals surface area (Å²) in [5.41, 5.74) is -0.0215. The van der Waals surface area contributed by atoms with Gasteiger partial charge in [0.15, 0.2) is 0 Å². The Hall–Kier alpha value is -2.55. The Bertz CT molecular complexity index is 1260. The van der Waals surface area contributed by atoms with E-state index in [1.54, 1.807) is 19.0 Å². The molecule has 5 rings (SSSR count). The maximum Gasteiger partial charge on any atom is 0.244 e. The molecule has 9 heteroatoms. The second kappa shape index (κ2) is 12.9. The molecule has 0 aromatic heterocycles. The summed E-state index contributed by atoms with van der Waals surface area (Å²) in [5, 5.41) is 0. The second-order valence-electron chi connectivity index (χ2n) is 16.3. The van der Waals surface area contributed by atoms with Gasteiger partial charge in [0, 0.05) is 63.2 Å². The van der Waals surface area contributed by atoms with Crippen molar-refractivity contribution in [3.05, 3.63) is 35.4 Å². The van der Waals surface area contributed by atoms with Crippen molar-refractivity contribution in [2.45, 2.75) is 122 Å². The molecule has 3 amide bonds. The maximum absolute atomic E-state index is 15.3. The lowest BCUT2D eigenvalue weighted by molar-refractivity contribution is -0.147. The zero-order valence-electron chi connectivity index (χ0n) is 28.5. The maximum atomic E-state index is 15.3. The molecule has 1 aromatic carbocycles. The number of carbonyl (C=O) groups excluding carboxylic acids is 3. The van der Waals surface area contributed by atoms with Crippen molar-refractivity contribution in [2.24, 2.45) is 16.7 Å². The van der Waals surface area contributed by atoms with Crippen molar-refractivity contribution < 1.29 is 23.2 Å². The van der Waals surface area contributed by atoms with Gasteiger partial charge >= 0.3 is 0 Å². The normalized spacial score (nSPS) is 28.1. The average molecular weight is 629 g/mol. The van der Waals surface area contributed by atoms with E-state index in [9.17, 15) is 18.8 Å². The fourth-order valence-electron chi connectivity index (χ4n) is 8.45. The molecule has 2 saturated heterocycles. The molecule has 45 heavy (non-hydrogen) atoms. The Morgan fingerprint density at radius 2 is 1.56 bits per heavy atom. The van der Waals surface area contributed by atoms with Crippen LogP contribution in [0.1, 0.15) is 104 Å². The van der Waals surface area contributed by atoms with Gasteiger partial charge in [-0.1, -0.05) is 53.5 Å². The summed E-state index contributed by atoms with van der Waals surface area (Å²) < 4.78 is 29.2. The number of likely N-dealkylation sites (tertiary alicyclic amines) is 2. The summed E-state index contributed by atoms with van der Waals surface area (Å²) in [7, 11) is 3.40. The van der Waals surface area contributed by atoms with Crippen LogP contribution in [0.15, 0.2) is 18.2 Å². The van der Waals surface area contributed by atoms with Gasteiger partial charge in [-0.05, 0) is 62.0 Å². The number of rotatable bonds is 6. The highest BCUT2D eigenvalue weighted by Gasteiger charge is 2.51. The highest BCUT2D eigenvalue weighted by molar-refractivity contribution is 5.90. The second-order valence-corrected chi connectivity index (χ2v) is 16.3. The van der Waals surface area contributed by atoms with Crippen molar-refractivity contribution in [3.8, 4) is 0 Å². The molecule has 0 bridgehead atoms. The minimum atomic E-state index is -0.702. The largest absolute Gasteiger partial charge is 0.347 e. The summed E-state index contributed by atoms with van der Waals surface area (Å²) in [6.07, 6.45) is 8.60. The summed E-state index contributed by atoms with van der Waals surface area (Å²) in [6, 6.07) is 3.07. The SMILES string of the molecule is CN(C)C(=O)[C@@H]1C[C@H](N(C(=O)C(C)(C)C)C2CCC(C)(C)CC2)CN1C(=O)[C@@H]1CN(C2CCCC2)C[C@H]1c1ccc(F)cc1F. The standard InChI is InChI=1S/C36H54F2N4O3/c1-35(2,3)34(45)42(25-14-16-36(4,5)17-15-25)26-19-31(33(44)39(6)7)41(20-26)32(43)29-22-40(24-10-8-9-11-24)21-28(29)27-13-12-23(37)18-30(27)38/h12-13,18,24-26,28-29,31H,8-11,14-17,19-22H2,1-7H3/t26-,28-,29+,31-/m0/s1. The number of amides is 3. The zero-order valence-corrected chi connectivity index (χ0v) is 28.5. The number of benzene rings is 1. The van der Waals surface area contributed by atoms with Gasteiger partial charge in [-0.3, -0.25) is 19.3 Å². The van der Waals surface area contributed by atoms with Gasteiger partial charge < -0.3 is 14.7 Å².